The third kappa shape index (κ3) is 4.51. The molecule has 0 atom stereocenters. The number of piperidine rings is 1. The fraction of sp³-hybridized carbons (Fsp3) is 0.684. The van der Waals surface area contributed by atoms with E-state index in [0.717, 1.165) is 25.9 Å². The Labute approximate surface area is 150 Å². The number of hydrogen-bond acceptors (Lipinski definition) is 5. The van der Waals surface area contributed by atoms with Crippen molar-refractivity contribution in [3.05, 3.63) is 30.1 Å². The van der Waals surface area contributed by atoms with Crippen LogP contribution in [-0.4, -0.2) is 44.5 Å². The van der Waals surface area contributed by atoms with E-state index in [1.54, 1.807) is 0 Å². The maximum absolute atomic E-state index is 4.86. The summed E-state index contributed by atoms with van der Waals surface area (Å²) in [6, 6.07) is 4.70. The molecule has 1 aromatic heterocycles. The predicted molar refractivity (Wildman–Crippen MR) is 103 cm³/mol. The third-order valence-electron chi connectivity index (χ3n) is 4.71. The van der Waals surface area contributed by atoms with Crippen molar-refractivity contribution in [1.82, 2.24) is 15.2 Å². The Kier molecular flexibility index (Phi) is 5.21. The van der Waals surface area contributed by atoms with Crippen LogP contribution in [0.3, 0.4) is 0 Å². The zero-order valence-corrected chi connectivity index (χ0v) is 16.2. The van der Waals surface area contributed by atoms with E-state index in [4.69, 9.17) is 4.99 Å². The molecule has 0 radical (unpaired) electrons. The van der Waals surface area contributed by atoms with Crippen molar-refractivity contribution in [2.75, 3.05) is 12.3 Å². The highest BCUT2D eigenvalue weighted by Crippen LogP contribution is 2.34. The molecular formula is C19H30N4S. The Morgan fingerprint density at radius 1 is 1.25 bits per heavy atom. The number of thioether (sulfide) groups is 1. The van der Waals surface area contributed by atoms with Crippen molar-refractivity contribution >= 4 is 16.9 Å². The van der Waals surface area contributed by atoms with Crippen molar-refractivity contribution in [1.29, 1.82) is 0 Å². The first-order chi connectivity index (χ1) is 11.3. The third-order valence-corrected chi connectivity index (χ3v) is 5.83. The molecule has 0 aromatic carbocycles. The van der Waals surface area contributed by atoms with Crippen LogP contribution in [0.2, 0.25) is 0 Å². The highest BCUT2D eigenvalue weighted by Gasteiger charge is 2.41. The second-order valence-corrected chi connectivity index (χ2v) is 9.37. The summed E-state index contributed by atoms with van der Waals surface area (Å²) in [5, 5.41) is 5.02. The van der Waals surface area contributed by atoms with Crippen molar-refractivity contribution < 1.29 is 0 Å². The quantitative estimate of drug-likeness (QED) is 0.906. The monoisotopic (exact) mass is 346 g/mol. The second kappa shape index (κ2) is 7.04. The van der Waals surface area contributed by atoms with Crippen molar-refractivity contribution in [2.24, 2.45) is 4.99 Å². The SMILES string of the molecule is CC1(C)CC(N(Cc2cccnc2)C2=NCCCS2)CC(C)(C)N1. The fourth-order valence-corrected chi connectivity index (χ4v) is 5.17. The number of aliphatic imine (C=N–C) groups is 1. The zero-order valence-electron chi connectivity index (χ0n) is 15.4. The molecule has 1 aromatic rings. The Morgan fingerprint density at radius 3 is 2.58 bits per heavy atom. The smallest absolute Gasteiger partial charge is 0.159 e. The van der Waals surface area contributed by atoms with Crippen LogP contribution in [0.15, 0.2) is 29.5 Å². The van der Waals surface area contributed by atoms with E-state index in [9.17, 15) is 0 Å². The topological polar surface area (TPSA) is 40.5 Å². The number of pyridine rings is 1. The number of nitrogens with one attached hydrogen (secondary N) is 1. The molecule has 0 amide bonds. The number of nitrogens with zero attached hydrogens (tertiary/aromatic N) is 3. The number of amidine groups is 1. The van der Waals surface area contributed by atoms with Gasteiger partial charge in [0.25, 0.3) is 0 Å². The minimum Gasteiger partial charge on any atom is -0.344 e. The maximum Gasteiger partial charge on any atom is 0.159 e. The van der Waals surface area contributed by atoms with Gasteiger partial charge in [0, 0.05) is 48.4 Å². The van der Waals surface area contributed by atoms with Crippen LogP contribution in [0.5, 0.6) is 0 Å². The molecule has 0 saturated carbocycles. The van der Waals surface area contributed by atoms with Gasteiger partial charge in [0.1, 0.15) is 0 Å². The highest BCUT2D eigenvalue weighted by atomic mass is 32.2. The molecule has 1 N–H and O–H groups in total. The largest absolute Gasteiger partial charge is 0.344 e. The van der Waals surface area contributed by atoms with E-state index in [0.29, 0.717) is 6.04 Å². The lowest BCUT2D eigenvalue weighted by atomic mass is 9.79. The van der Waals surface area contributed by atoms with Gasteiger partial charge in [-0.2, -0.15) is 0 Å². The lowest BCUT2D eigenvalue weighted by Crippen LogP contribution is -2.62. The summed E-state index contributed by atoms with van der Waals surface area (Å²) in [5.41, 5.74) is 1.54. The average Bonchev–Trinajstić information content (AvgIpc) is 2.51. The van der Waals surface area contributed by atoms with E-state index >= 15 is 0 Å². The van der Waals surface area contributed by atoms with Gasteiger partial charge in [-0.15, -0.1) is 0 Å². The average molecular weight is 347 g/mol. The minimum atomic E-state index is 0.138. The van der Waals surface area contributed by atoms with E-state index in [2.05, 4.69) is 49.0 Å². The number of rotatable bonds is 3. The normalized spacial score (nSPS) is 23.6. The van der Waals surface area contributed by atoms with Crippen molar-refractivity contribution in [3.63, 3.8) is 0 Å². The van der Waals surface area contributed by atoms with Gasteiger partial charge < -0.3 is 10.2 Å². The van der Waals surface area contributed by atoms with Crippen LogP contribution >= 0.6 is 11.8 Å². The van der Waals surface area contributed by atoms with Crippen LogP contribution in [0, 0.1) is 0 Å². The standard InChI is InChI=1S/C19H30N4S/c1-18(2)11-16(12-19(3,4)22-18)23(17-21-9-6-10-24-17)14-15-7-5-8-20-13-15/h5,7-8,13,16,22H,6,9-12,14H2,1-4H3. The Morgan fingerprint density at radius 2 is 2.00 bits per heavy atom. The molecule has 2 aliphatic rings. The maximum atomic E-state index is 4.86. The van der Waals surface area contributed by atoms with Crippen LogP contribution in [0.4, 0.5) is 0 Å². The van der Waals surface area contributed by atoms with Crippen molar-refractivity contribution in [2.45, 2.75) is 70.6 Å². The van der Waals surface area contributed by atoms with E-state index in [1.165, 1.54) is 22.9 Å². The van der Waals surface area contributed by atoms with Gasteiger partial charge in [0.05, 0.1) is 0 Å². The van der Waals surface area contributed by atoms with Crippen LogP contribution in [-0.2, 0) is 6.54 Å². The molecule has 132 valence electrons. The van der Waals surface area contributed by atoms with Gasteiger partial charge in [-0.1, -0.05) is 17.8 Å². The molecule has 0 spiro atoms. The zero-order chi connectivity index (χ0) is 17.2. The number of hydrogen-bond donors (Lipinski definition) is 1. The van der Waals surface area contributed by atoms with Crippen LogP contribution in [0.1, 0.15) is 52.5 Å². The summed E-state index contributed by atoms with van der Waals surface area (Å²) in [4.78, 5) is 11.7. The van der Waals surface area contributed by atoms with Gasteiger partial charge in [-0.25, -0.2) is 0 Å². The molecule has 24 heavy (non-hydrogen) atoms. The summed E-state index contributed by atoms with van der Waals surface area (Å²) in [6.45, 7) is 11.1. The fourth-order valence-electron chi connectivity index (χ4n) is 4.15. The Bertz CT molecular complexity index is 566. The highest BCUT2D eigenvalue weighted by molar-refractivity contribution is 8.13. The molecule has 3 heterocycles. The molecule has 2 aliphatic heterocycles. The first-order valence-electron chi connectivity index (χ1n) is 8.97. The Balaban J connectivity index is 1.87. The molecule has 0 unspecified atom stereocenters. The van der Waals surface area contributed by atoms with Gasteiger partial charge in [0.15, 0.2) is 5.17 Å². The van der Waals surface area contributed by atoms with Gasteiger partial charge in [0.2, 0.25) is 0 Å². The van der Waals surface area contributed by atoms with Crippen LogP contribution in [0.25, 0.3) is 0 Å². The molecule has 4 nitrogen and oxygen atoms in total. The molecule has 0 bridgehead atoms. The summed E-state index contributed by atoms with van der Waals surface area (Å²) < 4.78 is 0. The van der Waals surface area contributed by atoms with Crippen LogP contribution < -0.4 is 5.32 Å². The van der Waals surface area contributed by atoms with Crippen molar-refractivity contribution in [3.8, 4) is 0 Å². The van der Waals surface area contributed by atoms with E-state index in [1.807, 2.05) is 30.2 Å². The Hall–Kier alpha value is -1.07. The van der Waals surface area contributed by atoms with E-state index in [-0.39, 0.29) is 11.1 Å². The lowest BCUT2D eigenvalue weighted by molar-refractivity contribution is 0.101. The summed E-state index contributed by atoms with van der Waals surface area (Å²) in [7, 11) is 0. The summed E-state index contributed by atoms with van der Waals surface area (Å²) >= 11 is 1.92. The first kappa shape index (κ1) is 17.7. The molecule has 0 aliphatic carbocycles. The molecule has 3 rings (SSSR count). The van der Waals surface area contributed by atoms with Gasteiger partial charge >= 0.3 is 0 Å². The van der Waals surface area contributed by atoms with Gasteiger partial charge in [-0.05, 0) is 58.6 Å². The van der Waals surface area contributed by atoms with E-state index < -0.39 is 0 Å². The molecule has 5 heteroatoms. The number of aromatic nitrogens is 1. The minimum absolute atomic E-state index is 0.138. The molecular weight excluding hydrogens is 316 g/mol. The summed E-state index contributed by atoms with van der Waals surface area (Å²) in [5.74, 6) is 1.18. The summed E-state index contributed by atoms with van der Waals surface area (Å²) in [6.07, 6.45) is 7.29. The predicted octanol–water partition coefficient (Wildman–Crippen LogP) is 3.69. The molecule has 1 fully saturated rings. The van der Waals surface area contributed by atoms with Gasteiger partial charge in [-0.3, -0.25) is 9.98 Å². The first-order valence-corrected chi connectivity index (χ1v) is 9.95. The molecule has 1 saturated heterocycles. The lowest BCUT2D eigenvalue weighted by Gasteiger charge is -2.50. The second-order valence-electron chi connectivity index (χ2n) is 8.31.